The van der Waals surface area contributed by atoms with Gasteiger partial charge in [0.05, 0.1) is 21.2 Å². The summed E-state index contributed by atoms with van der Waals surface area (Å²) < 4.78 is 93.6. The fourth-order valence-electron chi connectivity index (χ4n) is 3.77. The Hall–Kier alpha value is -4.91. The average molecular weight is 676 g/mol. The molecule has 0 bridgehead atoms. The number of rotatable bonds is 12. The molecule has 0 spiro atoms. The summed E-state index contributed by atoms with van der Waals surface area (Å²) in [5.74, 6) is -4.43. The van der Waals surface area contributed by atoms with Crippen LogP contribution < -0.4 is 25.6 Å². The van der Waals surface area contributed by atoms with E-state index in [4.69, 9.17) is 0 Å². The first-order chi connectivity index (χ1) is 21.7. The summed E-state index contributed by atoms with van der Waals surface area (Å²) in [7, 11) is -4.63. The average Bonchev–Trinajstić information content (AvgIpc) is 3.05. The Balaban J connectivity index is 1.62. The number of hydrazone groups is 2. The minimum Gasteiger partial charge on any atom is -0.324 e. The molecule has 0 aliphatic heterocycles. The maximum Gasteiger partial charge on any atom is 0.240 e. The van der Waals surface area contributed by atoms with Gasteiger partial charge >= 0.3 is 0 Å². The maximum absolute atomic E-state index is 13.8. The van der Waals surface area contributed by atoms with Gasteiger partial charge in [0.25, 0.3) is 0 Å². The molecule has 0 saturated heterocycles. The van der Waals surface area contributed by atoms with Gasteiger partial charge < -0.3 is 5.32 Å². The van der Waals surface area contributed by atoms with Gasteiger partial charge in [0, 0.05) is 23.9 Å². The second kappa shape index (κ2) is 14.0. The van der Waals surface area contributed by atoms with Crippen molar-refractivity contribution in [3.8, 4) is 0 Å². The Labute approximate surface area is 263 Å². The lowest BCUT2D eigenvalue weighted by Gasteiger charge is -2.11. The van der Waals surface area contributed by atoms with E-state index < -0.39 is 37.5 Å². The van der Waals surface area contributed by atoms with Gasteiger partial charge in [-0.1, -0.05) is 24.3 Å². The molecule has 1 aromatic heterocycles. The topological polar surface area (TPSA) is 179 Å². The van der Waals surface area contributed by atoms with Crippen molar-refractivity contribution in [1.29, 1.82) is 0 Å². The van der Waals surface area contributed by atoms with Crippen LogP contribution in [0.4, 0.5) is 36.4 Å². The number of nitrogens with zero attached hydrogens (tertiary/aromatic N) is 4. The molecule has 4 aromatic rings. The highest BCUT2D eigenvalue weighted by molar-refractivity contribution is 7.89. The number of halogens is 3. The Morgan fingerprint density at radius 1 is 0.652 bits per heavy atom. The van der Waals surface area contributed by atoms with Crippen molar-refractivity contribution in [2.45, 2.75) is 23.6 Å². The molecule has 0 atom stereocenters. The van der Waals surface area contributed by atoms with Gasteiger partial charge in [-0.15, -0.1) is 0 Å². The minimum atomic E-state index is -3.62. The first kappa shape index (κ1) is 34.0. The molecular weight excluding hydrogens is 647 g/mol. The molecule has 242 valence electrons. The number of hydrogen-bond donors (Lipinski definition) is 5. The highest BCUT2D eigenvalue weighted by atomic mass is 32.2. The van der Waals surface area contributed by atoms with Crippen LogP contribution in [0.25, 0.3) is 0 Å². The van der Waals surface area contributed by atoms with Gasteiger partial charge in [0.15, 0.2) is 29.1 Å². The number of anilines is 4. The van der Waals surface area contributed by atoms with E-state index in [1.54, 1.807) is 38.1 Å². The number of sulfonamides is 2. The van der Waals surface area contributed by atoms with Crippen molar-refractivity contribution >= 4 is 54.7 Å². The number of aromatic nitrogens is 2. The Morgan fingerprint density at radius 2 is 1.04 bits per heavy atom. The second-order valence-corrected chi connectivity index (χ2v) is 13.2. The van der Waals surface area contributed by atoms with Crippen molar-refractivity contribution in [1.82, 2.24) is 19.4 Å². The molecular formula is C28H28F3N9O4S2. The standard InChI is InChI=1S/C28H28F3N9O4S2/c1-16(18-5-9-21(10-6-18)45(41,42)32-3)37-39-25-15-26(36-28(35-25)34-20-13-23(29)27(31)24(30)14-20)40-38-17(2)19-7-11-22(12-8-19)46(43,44)33-4/h5-15,32-33H,1-4H3,(H3,34,35,36,39,40)/b37-16-,38-17-. The van der Waals surface area contributed by atoms with Gasteiger partial charge in [-0.2, -0.15) is 20.2 Å². The fourth-order valence-corrected chi connectivity index (χ4v) is 5.23. The van der Waals surface area contributed by atoms with Crippen molar-refractivity contribution < 1.29 is 30.0 Å². The molecule has 0 fully saturated rings. The Morgan fingerprint density at radius 3 is 1.41 bits per heavy atom. The smallest absolute Gasteiger partial charge is 0.240 e. The molecule has 0 unspecified atom stereocenters. The fraction of sp³-hybridized carbons (Fsp3) is 0.143. The molecule has 3 aromatic carbocycles. The molecule has 13 nitrogen and oxygen atoms in total. The summed E-state index contributed by atoms with van der Waals surface area (Å²) in [4.78, 5) is 8.63. The van der Waals surface area contributed by atoms with Gasteiger partial charge in [-0.05, 0) is 63.3 Å². The molecule has 0 radical (unpaired) electrons. The SMILES string of the molecule is CNS(=O)(=O)c1ccc(/C(C)=N\Nc2cc(N/N=C(/C)c3ccc(S(=O)(=O)NC)cc3)nc(Nc3cc(F)c(F)c(F)c3)n2)cc1. The summed E-state index contributed by atoms with van der Waals surface area (Å²) in [5.41, 5.74) is 7.43. The monoisotopic (exact) mass is 675 g/mol. The number of benzene rings is 3. The highest BCUT2D eigenvalue weighted by Gasteiger charge is 2.14. The Kier molecular flexibility index (Phi) is 10.4. The lowest BCUT2D eigenvalue weighted by Crippen LogP contribution is -2.18. The van der Waals surface area contributed by atoms with Gasteiger partial charge in [0.1, 0.15) is 0 Å². The van der Waals surface area contributed by atoms with Gasteiger partial charge in [-0.25, -0.2) is 39.5 Å². The number of nitrogens with one attached hydrogen (secondary N) is 5. The maximum atomic E-state index is 13.8. The highest BCUT2D eigenvalue weighted by Crippen LogP contribution is 2.23. The number of hydrogen-bond acceptors (Lipinski definition) is 11. The summed E-state index contributed by atoms with van der Waals surface area (Å²) in [6.07, 6.45) is 0. The molecule has 46 heavy (non-hydrogen) atoms. The van der Waals surface area contributed by atoms with Crippen LogP contribution in [0.5, 0.6) is 0 Å². The molecule has 0 aliphatic carbocycles. The largest absolute Gasteiger partial charge is 0.324 e. The molecule has 1 heterocycles. The van der Waals surface area contributed by atoms with Crippen molar-refractivity contribution in [3.05, 3.63) is 95.3 Å². The zero-order chi connectivity index (χ0) is 33.6. The predicted octanol–water partition coefficient (Wildman–Crippen LogP) is 4.13. The van der Waals surface area contributed by atoms with Gasteiger partial charge in [-0.3, -0.25) is 10.9 Å². The third-order valence-electron chi connectivity index (χ3n) is 6.34. The van der Waals surface area contributed by atoms with Crippen molar-refractivity contribution in [2.75, 3.05) is 30.3 Å². The van der Waals surface area contributed by atoms with E-state index in [0.29, 0.717) is 22.6 Å². The second-order valence-electron chi connectivity index (χ2n) is 9.42. The van der Waals surface area contributed by atoms with E-state index in [1.807, 2.05) is 0 Å². The summed E-state index contributed by atoms with van der Waals surface area (Å²) in [6.45, 7) is 3.33. The van der Waals surface area contributed by atoms with E-state index in [2.05, 4.69) is 45.8 Å². The molecule has 4 rings (SSSR count). The van der Waals surface area contributed by atoms with Crippen LogP contribution in [0.15, 0.2) is 86.7 Å². The predicted molar refractivity (Wildman–Crippen MR) is 169 cm³/mol. The first-order valence-corrected chi connectivity index (χ1v) is 16.2. The lowest BCUT2D eigenvalue weighted by molar-refractivity contribution is 0.448. The third-order valence-corrected chi connectivity index (χ3v) is 9.21. The summed E-state index contributed by atoms with van der Waals surface area (Å²) >= 11 is 0. The van der Waals surface area contributed by atoms with E-state index in [-0.39, 0.29) is 33.1 Å². The van der Waals surface area contributed by atoms with Crippen LogP contribution in [0.3, 0.4) is 0 Å². The molecule has 18 heteroatoms. The quantitative estimate of drug-likeness (QED) is 0.0839. The zero-order valence-corrected chi connectivity index (χ0v) is 26.4. The summed E-state index contributed by atoms with van der Waals surface area (Å²) in [6, 6.07) is 14.8. The van der Waals surface area contributed by atoms with E-state index >= 15 is 0 Å². The lowest BCUT2D eigenvalue weighted by atomic mass is 10.1. The van der Waals surface area contributed by atoms with Crippen LogP contribution in [0, 0.1) is 17.5 Å². The minimum absolute atomic E-state index is 0.0743. The molecule has 0 aliphatic rings. The third kappa shape index (κ3) is 8.21. The Bertz CT molecular complexity index is 1890. The van der Waals surface area contributed by atoms with Crippen LogP contribution in [0.1, 0.15) is 25.0 Å². The van der Waals surface area contributed by atoms with Crippen LogP contribution in [0.2, 0.25) is 0 Å². The van der Waals surface area contributed by atoms with Crippen LogP contribution in [-0.4, -0.2) is 52.3 Å². The van der Waals surface area contributed by atoms with E-state index in [0.717, 1.165) is 12.1 Å². The first-order valence-electron chi connectivity index (χ1n) is 13.2. The molecule has 5 N–H and O–H groups in total. The van der Waals surface area contributed by atoms with Crippen LogP contribution >= 0.6 is 0 Å². The van der Waals surface area contributed by atoms with E-state index in [1.165, 1.54) is 44.4 Å². The van der Waals surface area contributed by atoms with Gasteiger partial charge in [0.2, 0.25) is 26.0 Å². The summed E-state index contributed by atoms with van der Waals surface area (Å²) in [5, 5.41) is 11.2. The zero-order valence-electron chi connectivity index (χ0n) is 24.7. The molecule has 0 saturated carbocycles. The van der Waals surface area contributed by atoms with Crippen molar-refractivity contribution in [2.24, 2.45) is 10.2 Å². The van der Waals surface area contributed by atoms with Crippen LogP contribution in [-0.2, 0) is 20.0 Å². The van der Waals surface area contributed by atoms with Crippen molar-refractivity contribution in [3.63, 3.8) is 0 Å². The molecule has 0 amide bonds. The normalized spacial score (nSPS) is 12.6. The van der Waals surface area contributed by atoms with E-state index in [9.17, 15) is 30.0 Å².